The Morgan fingerprint density at radius 2 is 0.676 bits per heavy atom. The van der Waals surface area contributed by atoms with Crippen molar-refractivity contribution in [3.05, 3.63) is 131 Å². The molecule has 0 spiro atoms. The predicted octanol–water partition coefficient (Wildman–Crippen LogP) is 8.60. The zero-order valence-electron chi connectivity index (χ0n) is 20.0. The van der Waals surface area contributed by atoms with Crippen LogP contribution in [-0.2, 0) is 0 Å². The highest BCUT2D eigenvalue weighted by atomic mass is 128. The average Bonchev–Trinajstić information content (AvgIpc) is 2.89. The molecule has 0 saturated carbocycles. The van der Waals surface area contributed by atoms with E-state index >= 15 is 0 Å². The fraction of sp³-hybridized carbons (Fsp3) is 0.133. The Morgan fingerprint density at radius 1 is 0.412 bits per heavy atom. The molecule has 0 saturated heterocycles. The molecule has 4 aromatic carbocycles. The molecule has 0 bridgehead atoms. The number of hydrogen-bond donors (Lipinski definition) is 0. The largest absolute Gasteiger partial charge is 0.378 e. The lowest BCUT2D eigenvalue weighted by Crippen LogP contribution is -2.08. The van der Waals surface area contributed by atoms with Crippen LogP contribution in [0.4, 0.5) is 11.4 Å². The highest BCUT2D eigenvalue weighted by molar-refractivity contribution is 15.0. The van der Waals surface area contributed by atoms with Crippen LogP contribution in [0, 0.1) is 0 Å². The van der Waals surface area contributed by atoms with E-state index in [0.717, 1.165) is 0 Å². The van der Waals surface area contributed by atoms with Crippen molar-refractivity contribution in [1.82, 2.24) is 0 Å². The third kappa shape index (κ3) is 6.42. The number of benzene rings is 4. The van der Waals surface area contributed by atoms with Crippen molar-refractivity contribution >= 4 is 59.8 Å². The standard InChI is InChI=1S/C30H30N2.I2/c1-31(2)27-19-15-25(16-20-27)29(23-11-7-5-8-12-23)30(24-13-9-6-10-14-24)26-17-21-28(22-18-26)32(3)4;1-2/h5-22H,1-4H3;/b30-29-;. The van der Waals surface area contributed by atoms with Gasteiger partial charge in [-0.1, -0.05) is 84.9 Å². The van der Waals surface area contributed by atoms with E-state index < -0.39 is 0 Å². The van der Waals surface area contributed by atoms with E-state index in [1.54, 1.807) is 0 Å². The molecule has 0 aliphatic heterocycles. The van der Waals surface area contributed by atoms with Gasteiger partial charge < -0.3 is 9.80 Å². The number of halogens is 2. The Balaban J connectivity index is 0.00000158. The molecule has 0 heterocycles. The molecule has 0 amide bonds. The summed E-state index contributed by atoms with van der Waals surface area (Å²) in [6.07, 6.45) is 0. The molecule has 0 N–H and O–H groups in total. The van der Waals surface area contributed by atoms with E-state index in [1.165, 1.54) is 44.8 Å². The highest BCUT2D eigenvalue weighted by Crippen LogP contribution is 2.37. The molecule has 4 aromatic rings. The molecule has 2 nitrogen and oxygen atoms in total. The monoisotopic (exact) mass is 672 g/mol. The summed E-state index contributed by atoms with van der Waals surface area (Å²) in [5, 5.41) is 0. The van der Waals surface area contributed by atoms with Gasteiger partial charge >= 0.3 is 0 Å². The average molecular weight is 672 g/mol. The third-order valence-electron chi connectivity index (χ3n) is 5.72. The van der Waals surface area contributed by atoms with Gasteiger partial charge in [0.25, 0.3) is 0 Å². The molecule has 174 valence electrons. The van der Waals surface area contributed by atoms with Gasteiger partial charge in [0, 0.05) is 76.8 Å². The quantitative estimate of drug-likeness (QED) is 0.150. The van der Waals surface area contributed by atoms with Gasteiger partial charge in [-0.05, 0) is 57.7 Å². The minimum Gasteiger partial charge on any atom is -0.378 e. The van der Waals surface area contributed by atoms with Gasteiger partial charge in [0.2, 0.25) is 0 Å². The first-order valence-corrected chi connectivity index (χ1v) is 17.4. The summed E-state index contributed by atoms with van der Waals surface area (Å²) in [4.78, 5) is 4.27. The lowest BCUT2D eigenvalue weighted by Gasteiger charge is -2.20. The van der Waals surface area contributed by atoms with Crippen LogP contribution < -0.4 is 9.80 Å². The maximum absolute atomic E-state index is 2.23. The topological polar surface area (TPSA) is 6.48 Å². The van der Waals surface area contributed by atoms with Crippen LogP contribution in [0.15, 0.2) is 109 Å². The molecule has 0 fully saturated rings. The number of hydrogen-bond acceptors (Lipinski definition) is 2. The Hall–Kier alpha value is -2.32. The summed E-state index contributed by atoms with van der Waals surface area (Å²) in [6.45, 7) is 0. The molecular weight excluding hydrogens is 642 g/mol. The third-order valence-corrected chi connectivity index (χ3v) is 5.72. The molecule has 0 radical (unpaired) electrons. The maximum Gasteiger partial charge on any atom is 0.0361 e. The molecule has 0 atom stereocenters. The minimum absolute atomic E-state index is 1.19. The van der Waals surface area contributed by atoms with Crippen LogP contribution in [-0.4, -0.2) is 28.2 Å². The van der Waals surface area contributed by atoms with Gasteiger partial charge in [0.05, 0.1) is 0 Å². The van der Waals surface area contributed by atoms with Crippen molar-refractivity contribution in [3.8, 4) is 0 Å². The predicted molar refractivity (Wildman–Crippen MR) is 167 cm³/mol. The van der Waals surface area contributed by atoms with E-state index in [0.29, 0.717) is 0 Å². The second kappa shape index (κ2) is 13.0. The van der Waals surface area contributed by atoms with Crippen molar-refractivity contribution in [3.63, 3.8) is 0 Å². The van der Waals surface area contributed by atoms with Crippen molar-refractivity contribution in [1.29, 1.82) is 0 Å². The van der Waals surface area contributed by atoms with Crippen molar-refractivity contribution in [2.45, 2.75) is 0 Å². The van der Waals surface area contributed by atoms with E-state index in [4.69, 9.17) is 0 Å². The Labute approximate surface area is 227 Å². The van der Waals surface area contributed by atoms with Crippen LogP contribution in [0.25, 0.3) is 11.1 Å². The fourth-order valence-electron chi connectivity index (χ4n) is 3.97. The normalized spacial score (nSPS) is 11.1. The first kappa shape index (κ1) is 26.3. The first-order chi connectivity index (χ1) is 16.5. The number of rotatable bonds is 6. The zero-order chi connectivity index (χ0) is 24.5. The summed E-state index contributed by atoms with van der Waals surface area (Å²) >= 11 is 4.24. The number of anilines is 2. The SMILES string of the molecule is CN(C)c1ccc(/C(=C(/c2ccccc2)c2ccc(N(C)C)cc2)c2ccccc2)cc1.II. The summed E-state index contributed by atoms with van der Waals surface area (Å²) in [7, 11) is 8.30. The highest BCUT2D eigenvalue weighted by Gasteiger charge is 2.16. The van der Waals surface area contributed by atoms with Gasteiger partial charge in [-0.15, -0.1) is 0 Å². The minimum atomic E-state index is 1.19. The summed E-state index contributed by atoms with van der Waals surface area (Å²) in [6, 6.07) is 39.1. The Kier molecular flexibility index (Phi) is 10.0. The second-order valence-corrected chi connectivity index (χ2v) is 8.36. The fourth-order valence-corrected chi connectivity index (χ4v) is 3.97. The van der Waals surface area contributed by atoms with Crippen LogP contribution in [0.3, 0.4) is 0 Å². The maximum atomic E-state index is 2.23. The summed E-state index contributed by atoms with van der Waals surface area (Å²) < 4.78 is 0. The second-order valence-electron chi connectivity index (χ2n) is 8.36. The molecule has 34 heavy (non-hydrogen) atoms. The smallest absolute Gasteiger partial charge is 0.0361 e. The molecule has 0 aliphatic carbocycles. The first-order valence-electron chi connectivity index (χ1n) is 11.1. The summed E-state index contributed by atoms with van der Waals surface area (Å²) in [5.74, 6) is 0. The van der Waals surface area contributed by atoms with Crippen LogP contribution in [0.1, 0.15) is 22.3 Å². The Morgan fingerprint density at radius 3 is 0.941 bits per heavy atom. The lowest BCUT2D eigenvalue weighted by molar-refractivity contribution is 1.13. The molecule has 0 unspecified atom stereocenters. The van der Waals surface area contributed by atoms with E-state index in [9.17, 15) is 0 Å². The Bertz CT molecular complexity index is 1090. The molecule has 0 aliphatic rings. The van der Waals surface area contributed by atoms with E-state index in [2.05, 4.69) is 184 Å². The van der Waals surface area contributed by atoms with Crippen LogP contribution in [0.5, 0.6) is 0 Å². The van der Waals surface area contributed by atoms with Crippen molar-refractivity contribution in [2.75, 3.05) is 38.0 Å². The van der Waals surface area contributed by atoms with E-state index in [-0.39, 0.29) is 0 Å². The van der Waals surface area contributed by atoms with Gasteiger partial charge in [-0.2, -0.15) is 0 Å². The van der Waals surface area contributed by atoms with Crippen molar-refractivity contribution in [2.24, 2.45) is 0 Å². The van der Waals surface area contributed by atoms with Gasteiger partial charge in [-0.25, -0.2) is 0 Å². The molecular formula is C30H30I2N2. The van der Waals surface area contributed by atoms with Gasteiger partial charge in [-0.3, -0.25) is 0 Å². The zero-order valence-corrected chi connectivity index (χ0v) is 24.4. The van der Waals surface area contributed by atoms with Crippen molar-refractivity contribution < 1.29 is 0 Å². The molecule has 4 rings (SSSR count). The van der Waals surface area contributed by atoms with E-state index in [1.807, 2.05) is 0 Å². The molecule has 0 aromatic heterocycles. The van der Waals surface area contributed by atoms with Crippen LogP contribution >= 0.6 is 37.2 Å². The number of nitrogens with zero attached hydrogens (tertiary/aromatic N) is 2. The summed E-state index contributed by atoms with van der Waals surface area (Å²) in [5.41, 5.74) is 9.69. The lowest BCUT2D eigenvalue weighted by atomic mass is 9.85. The van der Waals surface area contributed by atoms with Gasteiger partial charge in [0.1, 0.15) is 0 Å². The van der Waals surface area contributed by atoms with Gasteiger partial charge in [0.15, 0.2) is 0 Å². The van der Waals surface area contributed by atoms with Crippen LogP contribution in [0.2, 0.25) is 0 Å². The molecule has 4 heteroatoms.